The molecule has 4 nitrogen and oxygen atoms in total. The van der Waals surface area contributed by atoms with Crippen molar-refractivity contribution < 1.29 is 4.79 Å². The van der Waals surface area contributed by atoms with Gasteiger partial charge in [0.15, 0.2) is 0 Å². The van der Waals surface area contributed by atoms with Gasteiger partial charge in [0, 0.05) is 12.2 Å². The van der Waals surface area contributed by atoms with Gasteiger partial charge in [-0.1, -0.05) is 75.5 Å². The molecule has 158 valence electrons. The van der Waals surface area contributed by atoms with Crippen molar-refractivity contribution in [3.63, 3.8) is 0 Å². The molecule has 2 rings (SSSR count). The molecular formula is C24H34ClN3O. The van der Waals surface area contributed by atoms with Gasteiger partial charge in [-0.15, -0.1) is 0 Å². The van der Waals surface area contributed by atoms with Gasteiger partial charge in [-0.2, -0.15) is 5.26 Å². The summed E-state index contributed by atoms with van der Waals surface area (Å²) in [6.07, 6.45) is 14.7. The van der Waals surface area contributed by atoms with Gasteiger partial charge in [-0.3, -0.25) is 4.79 Å². The number of nitrogens with zero attached hydrogens (tertiary/aromatic N) is 1. The highest BCUT2D eigenvalue weighted by Crippen LogP contribution is 2.27. The maximum absolute atomic E-state index is 12.7. The summed E-state index contributed by atoms with van der Waals surface area (Å²) >= 11 is 6.31. The molecule has 1 aromatic rings. The van der Waals surface area contributed by atoms with Gasteiger partial charge in [0.2, 0.25) is 0 Å². The van der Waals surface area contributed by atoms with Gasteiger partial charge in [0.05, 0.1) is 10.7 Å². The van der Waals surface area contributed by atoms with Crippen LogP contribution in [0.1, 0.15) is 81.8 Å². The predicted octanol–water partition coefficient (Wildman–Crippen LogP) is 6.57. The van der Waals surface area contributed by atoms with E-state index in [1.807, 2.05) is 32.0 Å². The number of nitrogens with one attached hydrogen (secondary N) is 2. The van der Waals surface area contributed by atoms with Crippen LogP contribution >= 0.6 is 11.6 Å². The topological polar surface area (TPSA) is 64.9 Å². The van der Waals surface area contributed by atoms with E-state index in [4.69, 9.17) is 11.6 Å². The number of aryl methyl sites for hydroxylation is 2. The van der Waals surface area contributed by atoms with E-state index in [0.717, 1.165) is 42.5 Å². The Balaban J connectivity index is 1.99. The summed E-state index contributed by atoms with van der Waals surface area (Å²) < 4.78 is 0. The van der Waals surface area contributed by atoms with Crippen molar-refractivity contribution in [3.05, 3.63) is 40.1 Å². The summed E-state index contributed by atoms with van der Waals surface area (Å²) in [5.41, 5.74) is 2.85. The summed E-state index contributed by atoms with van der Waals surface area (Å²) in [6.45, 7) is 3.93. The Labute approximate surface area is 180 Å². The minimum absolute atomic E-state index is 0.0761. The second kappa shape index (κ2) is 12.5. The average Bonchev–Trinajstić information content (AvgIpc) is 2.66. The van der Waals surface area contributed by atoms with Crippen molar-refractivity contribution in [2.75, 3.05) is 5.32 Å². The molecule has 1 aliphatic rings. The molecule has 0 heterocycles. The number of carbonyl (C=O) groups is 1. The SMILES string of the molecule is Cc1cc(C)c(N/C=C(/C#N)C(=O)NC2CCCCCCCCCCC2)c(Cl)c1. The van der Waals surface area contributed by atoms with Crippen LogP contribution < -0.4 is 10.6 Å². The van der Waals surface area contributed by atoms with Gasteiger partial charge in [0.25, 0.3) is 5.91 Å². The summed E-state index contributed by atoms with van der Waals surface area (Å²) in [4.78, 5) is 12.7. The second-order valence-electron chi connectivity index (χ2n) is 8.18. The molecule has 0 aromatic heterocycles. The van der Waals surface area contributed by atoms with Crippen molar-refractivity contribution >= 4 is 23.2 Å². The minimum atomic E-state index is -0.307. The normalized spacial score (nSPS) is 17.5. The highest BCUT2D eigenvalue weighted by atomic mass is 35.5. The van der Waals surface area contributed by atoms with Crippen LogP contribution in [0.5, 0.6) is 0 Å². The van der Waals surface area contributed by atoms with E-state index in [0.29, 0.717) is 5.02 Å². The molecule has 1 amide bonds. The largest absolute Gasteiger partial charge is 0.359 e. The molecule has 29 heavy (non-hydrogen) atoms. The fourth-order valence-electron chi connectivity index (χ4n) is 3.96. The van der Waals surface area contributed by atoms with E-state index >= 15 is 0 Å². The van der Waals surface area contributed by atoms with Crippen LogP contribution in [0.15, 0.2) is 23.9 Å². The molecule has 0 spiro atoms. The van der Waals surface area contributed by atoms with Crippen LogP contribution in [-0.4, -0.2) is 11.9 Å². The van der Waals surface area contributed by atoms with Crippen LogP contribution in [-0.2, 0) is 4.79 Å². The molecule has 5 heteroatoms. The van der Waals surface area contributed by atoms with Crippen molar-refractivity contribution in [3.8, 4) is 6.07 Å². The van der Waals surface area contributed by atoms with E-state index in [-0.39, 0.29) is 17.5 Å². The van der Waals surface area contributed by atoms with Crippen molar-refractivity contribution in [1.29, 1.82) is 5.26 Å². The number of carbonyl (C=O) groups excluding carboxylic acids is 1. The molecule has 1 aliphatic carbocycles. The Hall–Kier alpha value is -1.99. The van der Waals surface area contributed by atoms with E-state index in [2.05, 4.69) is 10.6 Å². The molecule has 0 aliphatic heterocycles. The van der Waals surface area contributed by atoms with Gasteiger partial charge in [-0.05, 0) is 43.9 Å². The van der Waals surface area contributed by atoms with Crippen molar-refractivity contribution in [1.82, 2.24) is 5.32 Å². The van der Waals surface area contributed by atoms with Gasteiger partial charge >= 0.3 is 0 Å². The average molecular weight is 416 g/mol. The van der Waals surface area contributed by atoms with Gasteiger partial charge < -0.3 is 10.6 Å². The third-order valence-corrected chi connectivity index (χ3v) is 5.90. The van der Waals surface area contributed by atoms with Crippen molar-refractivity contribution in [2.24, 2.45) is 0 Å². The minimum Gasteiger partial charge on any atom is -0.359 e. The molecule has 0 saturated heterocycles. The number of amides is 1. The van der Waals surface area contributed by atoms with Crippen LogP contribution in [0.3, 0.4) is 0 Å². The quantitative estimate of drug-likeness (QED) is 0.432. The number of nitriles is 1. The number of benzene rings is 1. The first-order valence-corrected chi connectivity index (χ1v) is 11.3. The molecule has 1 saturated carbocycles. The first-order chi connectivity index (χ1) is 14.0. The first kappa shape index (κ1) is 23.3. The third kappa shape index (κ3) is 8.11. The lowest BCUT2D eigenvalue weighted by Gasteiger charge is -2.19. The fourth-order valence-corrected chi connectivity index (χ4v) is 4.34. The van der Waals surface area contributed by atoms with E-state index in [1.54, 1.807) is 0 Å². The Kier molecular flexibility index (Phi) is 10.1. The lowest BCUT2D eigenvalue weighted by atomic mass is 9.98. The predicted molar refractivity (Wildman–Crippen MR) is 121 cm³/mol. The van der Waals surface area contributed by atoms with E-state index in [1.165, 1.54) is 51.1 Å². The van der Waals surface area contributed by atoms with E-state index in [9.17, 15) is 10.1 Å². The fraction of sp³-hybridized carbons (Fsp3) is 0.583. The summed E-state index contributed by atoms with van der Waals surface area (Å²) in [6, 6.07) is 6.04. The maximum Gasteiger partial charge on any atom is 0.263 e. The number of hydrogen-bond acceptors (Lipinski definition) is 3. The Morgan fingerprint density at radius 3 is 2.10 bits per heavy atom. The Bertz CT molecular complexity index is 716. The Morgan fingerprint density at radius 2 is 1.59 bits per heavy atom. The molecule has 0 unspecified atom stereocenters. The molecular weight excluding hydrogens is 382 g/mol. The molecule has 0 bridgehead atoms. The van der Waals surface area contributed by atoms with Crippen molar-refractivity contribution in [2.45, 2.75) is 90.5 Å². The number of halogens is 1. The van der Waals surface area contributed by atoms with Gasteiger partial charge in [0.1, 0.15) is 11.6 Å². The highest BCUT2D eigenvalue weighted by molar-refractivity contribution is 6.33. The third-order valence-electron chi connectivity index (χ3n) is 5.60. The lowest BCUT2D eigenvalue weighted by molar-refractivity contribution is -0.117. The zero-order chi connectivity index (χ0) is 21.1. The van der Waals surface area contributed by atoms with Crippen LogP contribution in [0.25, 0.3) is 0 Å². The summed E-state index contributed by atoms with van der Waals surface area (Å²) in [5.74, 6) is -0.307. The molecule has 0 atom stereocenters. The molecule has 1 aromatic carbocycles. The summed E-state index contributed by atoms with van der Waals surface area (Å²) in [5, 5.41) is 16.2. The van der Waals surface area contributed by atoms with Crippen LogP contribution in [0.4, 0.5) is 5.69 Å². The maximum atomic E-state index is 12.7. The number of anilines is 1. The van der Waals surface area contributed by atoms with Crippen LogP contribution in [0, 0.1) is 25.2 Å². The lowest BCUT2D eigenvalue weighted by Crippen LogP contribution is -2.35. The Morgan fingerprint density at radius 1 is 1.03 bits per heavy atom. The standard InChI is InChI=1S/C24H34ClN3O/c1-18-14-19(2)23(22(25)15-18)27-17-20(16-26)24(29)28-21-12-10-8-6-4-3-5-7-9-11-13-21/h14-15,17,21,27H,3-13H2,1-2H3,(H,28,29)/b20-17-. The zero-order valence-corrected chi connectivity index (χ0v) is 18.6. The van der Waals surface area contributed by atoms with Crippen LogP contribution in [0.2, 0.25) is 5.02 Å². The first-order valence-electron chi connectivity index (χ1n) is 11.0. The highest BCUT2D eigenvalue weighted by Gasteiger charge is 2.16. The second-order valence-corrected chi connectivity index (χ2v) is 8.59. The smallest absolute Gasteiger partial charge is 0.263 e. The zero-order valence-electron chi connectivity index (χ0n) is 17.8. The number of hydrogen-bond donors (Lipinski definition) is 2. The van der Waals surface area contributed by atoms with Gasteiger partial charge in [-0.25, -0.2) is 0 Å². The summed E-state index contributed by atoms with van der Waals surface area (Å²) in [7, 11) is 0. The number of rotatable bonds is 4. The molecule has 1 fully saturated rings. The molecule has 2 N–H and O–H groups in total. The monoisotopic (exact) mass is 415 g/mol. The molecule has 0 radical (unpaired) electrons. The van der Waals surface area contributed by atoms with E-state index < -0.39 is 0 Å².